The highest BCUT2D eigenvalue weighted by atomic mass is 79.9. The van der Waals surface area contributed by atoms with E-state index in [0.29, 0.717) is 11.4 Å². The van der Waals surface area contributed by atoms with Gasteiger partial charge in [0.05, 0.1) is 11.9 Å². The van der Waals surface area contributed by atoms with Crippen molar-refractivity contribution in [2.45, 2.75) is 0 Å². The molecule has 0 bridgehead atoms. The summed E-state index contributed by atoms with van der Waals surface area (Å²) in [6, 6.07) is 15.6. The first kappa shape index (κ1) is 16.5. The molecule has 116 valence electrons. The van der Waals surface area contributed by atoms with Crippen LogP contribution in [0.4, 0.5) is 11.4 Å². The van der Waals surface area contributed by atoms with Gasteiger partial charge >= 0.3 is 0 Å². The predicted octanol–water partition coefficient (Wildman–Crippen LogP) is 2.85. The van der Waals surface area contributed by atoms with Gasteiger partial charge in [-0.3, -0.25) is 9.10 Å². The molecule has 0 spiro atoms. The van der Waals surface area contributed by atoms with Gasteiger partial charge in [-0.05, 0) is 30.3 Å². The molecule has 0 radical (unpaired) electrons. The number of sulfonamides is 1. The minimum absolute atomic E-state index is 0.282. The number of amides is 1. The standard InChI is InChI=1S/C15H15BrN2O3S/c1-22(20,21)18(14-8-3-2-4-9-14)11-15(19)17-13-7-5-6-12(16)10-13/h2-10H,11H2,1H3,(H,17,19). The maximum Gasteiger partial charge on any atom is 0.245 e. The van der Waals surface area contributed by atoms with Crippen molar-refractivity contribution < 1.29 is 13.2 Å². The van der Waals surface area contributed by atoms with Crippen LogP contribution in [0.3, 0.4) is 0 Å². The monoisotopic (exact) mass is 382 g/mol. The third-order valence-corrected chi connectivity index (χ3v) is 4.47. The lowest BCUT2D eigenvalue weighted by Gasteiger charge is -2.21. The second-order valence-electron chi connectivity index (χ2n) is 4.66. The maximum absolute atomic E-state index is 12.1. The zero-order chi connectivity index (χ0) is 16.2. The second kappa shape index (κ2) is 6.93. The summed E-state index contributed by atoms with van der Waals surface area (Å²) in [5.74, 6) is -0.410. The largest absolute Gasteiger partial charge is 0.324 e. The van der Waals surface area contributed by atoms with Crippen LogP contribution in [-0.4, -0.2) is 27.1 Å². The molecular weight excluding hydrogens is 368 g/mol. The highest BCUT2D eigenvalue weighted by Crippen LogP contribution is 2.18. The van der Waals surface area contributed by atoms with Gasteiger partial charge in [-0.25, -0.2) is 8.42 Å². The average Bonchev–Trinajstić information content (AvgIpc) is 2.44. The number of rotatable bonds is 5. The first-order valence-electron chi connectivity index (χ1n) is 6.44. The summed E-state index contributed by atoms with van der Waals surface area (Å²) >= 11 is 3.31. The number of carbonyl (C=O) groups is 1. The zero-order valence-corrected chi connectivity index (χ0v) is 14.3. The third kappa shape index (κ3) is 4.57. The lowest BCUT2D eigenvalue weighted by atomic mass is 10.3. The van der Waals surface area contributed by atoms with Crippen LogP contribution < -0.4 is 9.62 Å². The van der Waals surface area contributed by atoms with E-state index < -0.39 is 15.9 Å². The molecular formula is C15H15BrN2O3S. The Kier molecular flexibility index (Phi) is 5.20. The van der Waals surface area contributed by atoms with E-state index in [9.17, 15) is 13.2 Å². The fraction of sp³-hybridized carbons (Fsp3) is 0.133. The number of halogens is 1. The quantitative estimate of drug-likeness (QED) is 0.864. The molecule has 2 rings (SSSR count). The summed E-state index contributed by atoms with van der Waals surface area (Å²) in [4.78, 5) is 12.1. The van der Waals surface area contributed by atoms with Crippen LogP contribution in [0.2, 0.25) is 0 Å². The number of anilines is 2. The Balaban J connectivity index is 2.16. The van der Waals surface area contributed by atoms with E-state index in [0.717, 1.165) is 15.0 Å². The molecule has 2 aromatic carbocycles. The van der Waals surface area contributed by atoms with Crippen molar-refractivity contribution in [3.8, 4) is 0 Å². The van der Waals surface area contributed by atoms with Crippen molar-refractivity contribution in [3.63, 3.8) is 0 Å². The number of carbonyl (C=O) groups excluding carboxylic acids is 1. The van der Waals surface area contributed by atoms with Gasteiger partial charge in [0.2, 0.25) is 15.9 Å². The molecule has 0 saturated carbocycles. The zero-order valence-electron chi connectivity index (χ0n) is 11.9. The first-order chi connectivity index (χ1) is 10.4. The number of benzene rings is 2. The molecule has 0 atom stereocenters. The molecule has 5 nitrogen and oxygen atoms in total. The molecule has 0 aromatic heterocycles. The lowest BCUT2D eigenvalue weighted by molar-refractivity contribution is -0.114. The Morgan fingerprint density at radius 3 is 2.41 bits per heavy atom. The van der Waals surface area contributed by atoms with E-state index >= 15 is 0 Å². The predicted molar refractivity (Wildman–Crippen MR) is 91.4 cm³/mol. The van der Waals surface area contributed by atoms with Gasteiger partial charge in [0.15, 0.2) is 0 Å². The number of para-hydroxylation sites is 1. The van der Waals surface area contributed by atoms with E-state index in [4.69, 9.17) is 0 Å². The number of nitrogens with zero attached hydrogens (tertiary/aromatic N) is 1. The first-order valence-corrected chi connectivity index (χ1v) is 9.08. The number of nitrogens with one attached hydrogen (secondary N) is 1. The molecule has 0 heterocycles. The van der Waals surface area contributed by atoms with Crippen molar-refractivity contribution in [2.75, 3.05) is 22.4 Å². The Bertz CT molecular complexity index is 763. The van der Waals surface area contributed by atoms with Crippen molar-refractivity contribution >= 4 is 43.2 Å². The molecule has 1 amide bonds. The summed E-state index contributed by atoms with van der Waals surface area (Å²) in [5.41, 5.74) is 1.05. The van der Waals surface area contributed by atoms with Crippen molar-refractivity contribution in [2.24, 2.45) is 0 Å². The second-order valence-corrected chi connectivity index (χ2v) is 7.49. The minimum atomic E-state index is -3.55. The molecule has 7 heteroatoms. The molecule has 22 heavy (non-hydrogen) atoms. The maximum atomic E-state index is 12.1. The smallest absolute Gasteiger partial charge is 0.245 e. The Morgan fingerprint density at radius 2 is 1.82 bits per heavy atom. The van der Waals surface area contributed by atoms with Gasteiger partial charge < -0.3 is 5.32 Å². The third-order valence-electron chi connectivity index (χ3n) is 2.84. The number of hydrogen-bond donors (Lipinski definition) is 1. The van der Waals surface area contributed by atoms with Crippen LogP contribution in [0.15, 0.2) is 59.1 Å². The summed E-state index contributed by atoms with van der Waals surface area (Å²) in [7, 11) is -3.55. The SMILES string of the molecule is CS(=O)(=O)N(CC(=O)Nc1cccc(Br)c1)c1ccccc1. The highest BCUT2D eigenvalue weighted by molar-refractivity contribution is 9.10. The molecule has 1 N–H and O–H groups in total. The normalized spacial score (nSPS) is 11.0. The molecule has 0 aliphatic carbocycles. The molecule has 0 unspecified atom stereocenters. The summed E-state index contributed by atoms with van der Waals surface area (Å²) in [6.45, 7) is -0.282. The van der Waals surface area contributed by atoms with Crippen LogP contribution in [-0.2, 0) is 14.8 Å². The molecule has 0 aliphatic rings. The van der Waals surface area contributed by atoms with Gasteiger partial charge in [0, 0.05) is 10.2 Å². The van der Waals surface area contributed by atoms with Gasteiger partial charge in [-0.15, -0.1) is 0 Å². The van der Waals surface area contributed by atoms with E-state index in [1.54, 1.807) is 48.5 Å². The summed E-state index contributed by atoms with van der Waals surface area (Å²) in [6.07, 6.45) is 1.08. The Labute approximate surface area is 138 Å². The highest BCUT2D eigenvalue weighted by Gasteiger charge is 2.20. The van der Waals surface area contributed by atoms with E-state index in [-0.39, 0.29) is 6.54 Å². The van der Waals surface area contributed by atoms with Crippen molar-refractivity contribution in [1.29, 1.82) is 0 Å². The minimum Gasteiger partial charge on any atom is -0.324 e. The van der Waals surface area contributed by atoms with E-state index in [1.807, 2.05) is 6.07 Å². The summed E-state index contributed by atoms with van der Waals surface area (Å²) in [5, 5.41) is 2.68. The lowest BCUT2D eigenvalue weighted by Crippen LogP contribution is -2.37. The van der Waals surface area contributed by atoms with Gasteiger partial charge in [0.25, 0.3) is 0 Å². The van der Waals surface area contributed by atoms with Gasteiger partial charge in [-0.1, -0.05) is 40.2 Å². The van der Waals surface area contributed by atoms with Crippen LogP contribution >= 0.6 is 15.9 Å². The van der Waals surface area contributed by atoms with Crippen molar-refractivity contribution in [1.82, 2.24) is 0 Å². The fourth-order valence-corrected chi connectivity index (χ4v) is 3.15. The molecule has 2 aromatic rings. The fourth-order valence-electron chi connectivity index (χ4n) is 1.89. The Hall–Kier alpha value is -1.86. The molecule has 0 fully saturated rings. The van der Waals surface area contributed by atoms with Crippen LogP contribution in [0.1, 0.15) is 0 Å². The number of hydrogen-bond acceptors (Lipinski definition) is 3. The summed E-state index contributed by atoms with van der Waals surface area (Å²) < 4.78 is 25.7. The van der Waals surface area contributed by atoms with E-state index in [1.165, 1.54) is 0 Å². The van der Waals surface area contributed by atoms with Crippen LogP contribution in [0.25, 0.3) is 0 Å². The topological polar surface area (TPSA) is 66.5 Å². The Morgan fingerprint density at radius 1 is 1.14 bits per heavy atom. The average molecular weight is 383 g/mol. The van der Waals surface area contributed by atoms with E-state index in [2.05, 4.69) is 21.2 Å². The van der Waals surface area contributed by atoms with Crippen LogP contribution in [0.5, 0.6) is 0 Å². The van der Waals surface area contributed by atoms with Crippen LogP contribution in [0, 0.1) is 0 Å². The van der Waals surface area contributed by atoms with Gasteiger partial charge in [-0.2, -0.15) is 0 Å². The molecule has 0 saturated heterocycles. The van der Waals surface area contributed by atoms with Crippen molar-refractivity contribution in [3.05, 3.63) is 59.1 Å². The molecule has 0 aliphatic heterocycles. The van der Waals surface area contributed by atoms with Gasteiger partial charge in [0.1, 0.15) is 6.54 Å².